The van der Waals surface area contributed by atoms with E-state index in [1.54, 1.807) is 46.2 Å². The van der Waals surface area contributed by atoms with Crippen LogP contribution >= 0.6 is 0 Å². The molecule has 1 unspecified atom stereocenters. The quantitative estimate of drug-likeness (QED) is 0.542. The molecule has 35 heavy (non-hydrogen) atoms. The Morgan fingerprint density at radius 3 is 2.03 bits per heavy atom. The van der Waals surface area contributed by atoms with Crippen LogP contribution in [0, 0.1) is 26.2 Å². The molecule has 0 spiro atoms. The topological polar surface area (TPSA) is 68.6 Å². The molecule has 0 fully saturated rings. The van der Waals surface area contributed by atoms with Crippen LogP contribution < -0.4 is 5.56 Å². The summed E-state index contributed by atoms with van der Waals surface area (Å²) in [5, 5.41) is 0. The van der Waals surface area contributed by atoms with E-state index in [2.05, 4.69) is 4.65 Å². The molecule has 2 aromatic rings. The molecule has 0 aliphatic heterocycles. The summed E-state index contributed by atoms with van der Waals surface area (Å²) < 4.78 is 6.03. The number of nitrogens with zero attached hydrogens (tertiary/aromatic N) is 2. The van der Waals surface area contributed by atoms with Crippen molar-refractivity contribution in [3.8, 4) is 0 Å². The number of benzene rings is 1. The standard InChI is InChI=1S/C26H35BN2O4.C2H6/c1-16-17(2)21(15-20-13-11-10-12-14-20)22(30)29(18(16)3)26(7,8)23(31)28(9)19(4)25(5,6)24(32)33-27;1-2/h10-14,19H,15H2,1-9H3;1-2H3. The SMILES string of the molecule is CC.[B]OC(=O)C(C)(C)C(C)N(C)C(=O)C(C)(C)n1c(C)c(C)c(C)c(Cc2ccccc2)c1=O. The van der Waals surface area contributed by atoms with Gasteiger partial charge in [-0.15, -0.1) is 0 Å². The molecular weight excluding hydrogens is 439 g/mol. The van der Waals surface area contributed by atoms with E-state index in [0.717, 1.165) is 22.4 Å². The van der Waals surface area contributed by atoms with E-state index in [0.29, 0.717) is 12.0 Å². The van der Waals surface area contributed by atoms with Crippen LogP contribution in [0.15, 0.2) is 35.1 Å². The van der Waals surface area contributed by atoms with Crippen LogP contribution in [0.4, 0.5) is 0 Å². The molecule has 7 heteroatoms. The zero-order valence-corrected chi connectivity index (χ0v) is 23.3. The molecule has 1 amide bonds. The number of rotatable bonds is 7. The number of amides is 1. The molecule has 0 bridgehead atoms. The summed E-state index contributed by atoms with van der Waals surface area (Å²) in [7, 11) is 6.73. The normalized spacial score (nSPS) is 12.3. The molecule has 2 radical (unpaired) electrons. The summed E-state index contributed by atoms with van der Waals surface area (Å²) in [6, 6.07) is 9.29. The van der Waals surface area contributed by atoms with Crippen molar-refractivity contribution in [2.45, 2.75) is 87.2 Å². The molecule has 0 saturated carbocycles. The monoisotopic (exact) mass is 480 g/mol. The molecule has 1 aromatic carbocycles. The van der Waals surface area contributed by atoms with E-state index in [1.165, 1.54) is 4.90 Å². The molecule has 0 saturated heterocycles. The van der Waals surface area contributed by atoms with Crippen molar-refractivity contribution < 1.29 is 14.2 Å². The average molecular weight is 480 g/mol. The molecule has 1 atom stereocenters. The first kappa shape index (κ1) is 30.2. The Bertz CT molecular complexity index is 1100. The minimum atomic E-state index is -1.18. The lowest BCUT2D eigenvalue weighted by molar-refractivity contribution is -0.152. The molecule has 190 valence electrons. The van der Waals surface area contributed by atoms with Gasteiger partial charge in [-0.05, 0) is 72.1 Å². The fourth-order valence-electron chi connectivity index (χ4n) is 4.30. The molecule has 1 aromatic heterocycles. The van der Waals surface area contributed by atoms with E-state index in [-0.39, 0.29) is 11.5 Å². The fraction of sp³-hybridized carbons (Fsp3) is 0.536. The first-order valence-electron chi connectivity index (χ1n) is 12.1. The van der Waals surface area contributed by atoms with Gasteiger partial charge in [-0.2, -0.15) is 0 Å². The zero-order chi connectivity index (χ0) is 27.3. The summed E-state index contributed by atoms with van der Waals surface area (Å²) in [6.07, 6.45) is 0.485. The third kappa shape index (κ3) is 5.88. The van der Waals surface area contributed by atoms with Gasteiger partial charge < -0.3 is 9.55 Å². The highest BCUT2D eigenvalue weighted by molar-refractivity contribution is 6.06. The Kier molecular flexibility index (Phi) is 10.1. The van der Waals surface area contributed by atoms with Gasteiger partial charge in [-0.25, -0.2) is 0 Å². The molecule has 0 N–H and O–H groups in total. The number of likely N-dealkylation sites (N-methyl/N-ethyl adjacent to an activating group) is 1. The maximum Gasteiger partial charge on any atom is 0.378 e. The third-order valence-electron chi connectivity index (χ3n) is 7.24. The van der Waals surface area contributed by atoms with Gasteiger partial charge in [0.05, 0.1) is 5.41 Å². The smallest absolute Gasteiger partial charge is 0.378 e. The number of carbonyl (C=O) groups is 2. The lowest BCUT2D eigenvalue weighted by Gasteiger charge is -2.41. The largest absolute Gasteiger partial charge is 0.543 e. The Morgan fingerprint density at radius 2 is 1.54 bits per heavy atom. The summed E-state index contributed by atoms with van der Waals surface area (Å²) in [6.45, 7) is 18.4. The van der Waals surface area contributed by atoms with Crippen LogP contribution in [0.5, 0.6) is 0 Å². The maximum atomic E-state index is 13.8. The molecule has 2 rings (SSSR count). The third-order valence-corrected chi connectivity index (χ3v) is 7.24. The van der Waals surface area contributed by atoms with Gasteiger partial charge in [-0.1, -0.05) is 44.2 Å². The van der Waals surface area contributed by atoms with Crippen molar-refractivity contribution in [2.75, 3.05) is 7.05 Å². The van der Waals surface area contributed by atoms with E-state index in [1.807, 2.05) is 65.0 Å². The van der Waals surface area contributed by atoms with E-state index in [9.17, 15) is 14.4 Å². The number of hydrogen-bond acceptors (Lipinski definition) is 4. The Hall–Kier alpha value is -2.83. The van der Waals surface area contributed by atoms with E-state index >= 15 is 0 Å². The summed E-state index contributed by atoms with van der Waals surface area (Å²) in [5.74, 6) is -0.899. The summed E-state index contributed by atoms with van der Waals surface area (Å²) in [4.78, 5) is 41.2. The van der Waals surface area contributed by atoms with Gasteiger partial charge in [0.1, 0.15) is 5.54 Å². The Balaban J connectivity index is 0.00000298. The van der Waals surface area contributed by atoms with Gasteiger partial charge in [0.15, 0.2) is 0 Å². The number of aromatic nitrogens is 1. The first-order valence-corrected chi connectivity index (χ1v) is 12.1. The van der Waals surface area contributed by atoms with Gasteiger partial charge in [0, 0.05) is 30.8 Å². The predicted molar refractivity (Wildman–Crippen MR) is 143 cm³/mol. The highest BCUT2D eigenvalue weighted by Crippen LogP contribution is 2.30. The van der Waals surface area contributed by atoms with Gasteiger partial charge >= 0.3 is 8.05 Å². The number of hydrogen-bond donors (Lipinski definition) is 0. The van der Waals surface area contributed by atoms with Gasteiger partial charge in [0.25, 0.3) is 11.5 Å². The lowest BCUT2D eigenvalue weighted by atomic mass is 9.83. The van der Waals surface area contributed by atoms with E-state index in [4.69, 9.17) is 8.05 Å². The van der Waals surface area contributed by atoms with Crippen molar-refractivity contribution in [1.82, 2.24) is 9.47 Å². The highest BCUT2D eigenvalue weighted by atomic mass is 16.5. The maximum absolute atomic E-state index is 13.8. The number of carbonyl (C=O) groups excluding carboxylic acids is 2. The Labute approximate surface area is 212 Å². The van der Waals surface area contributed by atoms with Crippen molar-refractivity contribution in [3.05, 3.63) is 68.6 Å². The van der Waals surface area contributed by atoms with Crippen LogP contribution in [-0.4, -0.2) is 42.5 Å². The molecular formula is C28H41BN2O4. The first-order chi connectivity index (χ1) is 16.2. The minimum absolute atomic E-state index is 0.181. The Morgan fingerprint density at radius 1 is 1.03 bits per heavy atom. The van der Waals surface area contributed by atoms with Crippen LogP contribution in [0.2, 0.25) is 0 Å². The zero-order valence-electron chi connectivity index (χ0n) is 23.3. The van der Waals surface area contributed by atoms with E-state index < -0.39 is 23.0 Å². The van der Waals surface area contributed by atoms with Crippen molar-refractivity contribution >= 4 is 19.9 Å². The van der Waals surface area contributed by atoms with Crippen LogP contribution in [0.1, 0.15) is 76.4 Å². The van der Waals surface area contributed by atoms with Crippen molar-refractivity contribution in [3.63, 3.8) is 0 Å². The highest BCUT2D eigenvalue weighted by Gasteiger charge is 2.43. The van der Waals surface area contributed by atoms with Gasteiger partial charge in [-0.3, -0.25) is 19.0 Å². The summed E-state index contributed by atoms with van der Waals surface area (Å²) in [5.41, 5.74) is 1.97. The summed E-state index contributed by atoms with van der Waals surface area (Å²) >= 11 is 0. The van der Waals surface area contributed by atoms with Crippen molar-refractivity contribution in [1.29, 1.82) is 0 Å². The second-order valence-electron chi connectivity index (χ2n) is 9.89. The van der Waals surface area contributed by atoms with Crippen LogP contribution in [0.25, 0.3) is 0 Å². The van der Waals surface area contributed by atoms with Crippen molar-refractivity contribution in [2.24, 2.45) is 5.41 Å². The van der Waals surface area contributed by atoms with Gasteiger partial charge in [0.2, 0.25) is 5.91 Å². The second kappa shape index (κ2) is 11.7. The van der Waals surface area contributed by atoms with Crippen LogP contribution in [-0.2, 0) is 26.2 Å². The second-order valence-corrected chi connectivity index (χ2v) is 9.89. The minimum Gasteiger partial charge on any atom is -0.543 e. The fourth-order valence-corrected chi connectivity index (χ4v) is 4.30. The molecule has 0 aliphatic carbocycles. The molecule has 0 aliphatic rings. The number of pyridine rings is 1. The predicted octanol–water partition coefficient (Wildman–Crippen LogP) is 4.63. The molecule has 6 nitrogen and oxygen atoms in total. The average Bonchev–Trinajstić information content (AvgIpc) is 2.85. The van der Waals surface area contributed by atoms with Crippen LogP contribution in [0.3, 0.4) is 0 Å². The molecule has 1 heterocycles. The lowest BCUT2D eigenvalue weighted by Crippen LogP contribution is -2.56.